The molecule has 2 aromatic rings. The number of ether oxygens (including phenoxy) is 1. The Kier molecular flexibility index (Phi) is 4.55. The summed E-state index contributed by atoms with van der Waals surface area (Å²) in [4.78, 5) is 10.8. The van der Waals surface area contributed by atoms with Gasteiger partial charge in [-0.3, -0.25) is 4.98 Å². The van der Waals surface area contributed by atoms with E-state index in [2.05, 4.69) is 14.9 Å². The first-order valence-electron chi connectivity index (χ1n) is 7.21. The first-order chi connectivity index (χ1) is 10.3. The molecule has 0 N–H and O–H groups in total. The largest absolute Gasteiger partial charge is 0.492 e. The van der Waals surface area contributed by atoms with E-state index in [1.54, 1.807) is 12.4 Å². The average Bonchev–Trinajstić information content (AvgIpc) is 2.55. The van der Waals surface area contributed by atoms with E-state index in [-0.39, 0.29) is 0 Å². The van der Waals surface area contributed by atoms with E-state index in [1.807, 2.05) is 30.5 Å². The standard InChI is InChI=1S/C16H18ClN3O/c17-14-5-1-2-6-15(14)21-12-13-4-3-9-20(11-13)16-10-18-7-8-19-16/h1-2,5-8,10,13H,3-4,9,11-12H2. The minimum atomic E-state index is 0.483. The molecular weight excluding hydrogens is 286 g/mol. The van der Waals surface area contributed by atoms with Gasteiger partial charge >= 0.3 is 0 Å². The van der Waals surface area contributed by atoms with Crippen LogP contribution in [0, 0.1) is 5.92 Å². The second kappa shape index (κ2) is 6.76. The van der Waals surface area contributed by atoms with Gasteiger partial charge in [0, 0.05) is 31.4 Å². The van der Waals surface area contributed by atoms with E-state index in [0.717, 1.165) is 31.1 Å². The minimum absolute atomic E-state index is 0.483. The van der Waals surface area contributed by atoms with Crippen LogP contribution in [0.2, 0.25) is 5.02 Å². The van der Waals surface area contributed by atoms with Gasteiger partial charge in [0.15, 0.2) is 0 Å². The van der Waals surface area contributed by atoms with Gasteiger partial charge in [-0.2, -0.15) is 0 Å². The van der Waals surface area contributed by atoms with E-state index in [1.165, 1.54) is 6.42 Å². The average molecular weight is 304 g/mol. The molecule has 5 heteroatoms. The molecule has 0 saturated carbocycles. The molecule has 3 rings (SSSR count). The molecule has 1 aliphatic heterocycles. The first-order valence-corrected chi connectivity index (χ1v) is 7.59. The highest BCUT2D eigenvalue weighted by molar-refractivity contribution is 6.32. The van der Waals surface area contributed by atoms with E-state index >= 15 is 0 Å². The second-order valence-corrected chi connectivity index (χ2v) is 5.67. The SMILES string of the molecule is Clc1ccccc1OCC1CCCN(c2cnccn2)C1. The van der Waals surface area contributed by atoms with E-state index in [4.69, 9.17) is 16.3 Å². The molecule has 110 valence electrons. The fourth-order valence-electron chi connectivity index (χ4n) is 2.63. The molecule has 1 aromatic carbocycles. The number of piperidine rings is 1. The van der Waals surface area contributed by atoms with Crippen LogP contribution in [-0.2, 0) is 0 Å². The third-order valence-electron chi connectivity index (χ3n) is 3.70. The van der Waals surface area contributed by atoms with Gasteiger partial charge in [-0.15, -0.1) is 0 Å². The normalized spacial score (nSPS) is 18.5. The van der Waals surface area contributed by atoms with Gasteiger partial charge in [-0.25, -0.2) is 4.98 Å². The zero-order valence-corrected chi connectivity index (χ0v) is 12.5. The Hall–Kier alpha value is -1.81. The number of hydrogen-bond donors (Lipinski definition) is 0. The van der Waals surface area contributed by atoms with Crippen molar-refractivity contribution >= 4 is 17.4 Å². The summed E-state index contributed by atoms with van der Waals surface area (Å²) in [7, 11) is 0. The molecule has 0 aliphatic carbocycles. The third-order valence-corrected chi connectivity index (χ3v) is 4.02. The molecule has 0 spiro atoms. The topological polar surface area (TPSA) is 38.2 Å². The Labute approximate surface area is 129 Å². The molecule has 1 unspecified atom stereocenters. The first kappa shape index (κ1) is 14.1. The molecule has 1 saturated heterocycles. The summed E-state index contributed by atoms with van der Waals surface area (Å²) >= 11 is 6.11. The van der Waals surface area contributed by atoms with Crippen molar-refractivity contribution in [2.45, 2.75) is 12.8 Å². The predicted octanol–water partition coefficient (Wildman–Crippen LogP) is 3.43. The zero-order valence-electron chi connectivity index (χ0n) is 11.8. The number of aromatic nitrogens is 2. The van der Waals surface area contributed by atoms with E-state index in [9.17, 15) is 0 Å². The number of anilines is 1. The van der Waals surface area contributed by atoms with Crippen molar-refractivity contribution in [1.29, 1.82) is 0 Å². The molecule has 0 amide bonds. The molecule has 2 heterocycles. The lowest BCUT2D eigenvalue weighted by Gasteiger charge is -2.33. The number of para-hydroxylation sites is 1. The highest BCUT2D eigenvalue weighted by Gasteiger charge is 2.21. The van der Waals surface area contributed by atoms with Crippen LogP contribution in [0.1, 0.15) is 12.8 Å². The molecule has 4 nitrogen and oxygen atoms in total. The minimum Gasteiger partial charge on any atom is -0.492 e. The van der Waals surface area contributed by atoms with Crippen LogP contribution >= 0.6 is 11.6 Å². The lowest BCUT2D eigenvalue weighted by atomic mass is 9.99. The molecule has 1 atom stereocenters. The second-order valence-electron chi connectivity index (χ2n) is 5.26. The summed E-state index contributed by atoms with van der Waals surface area (Å²) in [5.74, 6) is 2.19. The van der Waals surface area contributed by atoms with E-state index < -0.39 is 0 Å². The Bertz CT molecular complexity index is 579. The predicted molar refractivity (Wildman–Crippen MR) is 83.9 cm³/mol. The van der Waals surface area contributed by atoms with Gasteiger partial charge in [-0.05, 0) is 25.0 Å². The Morgan fingerprint density at radius 2 is 2.19 bits per heavy atom. The number of nitrogens with zero attached hydrogens (tertiary/aromatic N) is 3. The molecule has 1 aliphatic rings. The molecule has 21 heavy (non-hydrogen) atoms. The summed E-state index contributed by atoms with van der Waals surface area (Å²) in [6, 6.07) is 7.61. The van der Waals surface area contributed by atoms with Gasteiger partial charge in [0.1, 0.15) is 11.6 Å². The number of benzene rings is 1. The Morgan fingerprint density at radius 1 is 1.29 bits per heavy atom. The van der Waals surface area contributed by atoms with Crippen molar-refractivity contribution in [2.24, 2.45) is 5.92 Å². The maximum atomic E-state index is 6.11. The van der Waals surface area contributed by atoms with E-state index in [0.29, 0.717) is 17.5 Å². The van der Waals surface area contributed by atoms with Crippen LogP contribution in [0.4, 0.5) is 5.82 Å². The van der Waals surface area contributed by atoms with Crippen LogP contribution in [0.25, 0.3) is 0 Å². The molecule has 1 aromatic heterocycles. The highest BCUT2D eigenvalue weighted by atomic mass is 35.5. The number of rotatable bonds is 4. The zero-order chi connectivity index (χ0) is 14.5. The fraction of sp³-hybridized carbons (Fsp3) is 0.375. The van der Waals surface area contributed by atoms with Crippen LogP contribution in [0.3, 0.4) is 0 Å². The number of halogens is 1. The van der Waals surface area contributed by atoms with Crippen LogP contribution in [-0.4, -0.2) is 29.7 Å². The summed E-state index contributed by atoms with van der Waals surface area (Å²) in [5, 5.41) is 0.666. The van der Waals surface area contributed by atoms with Crippen molar-refractivity contribution in [2.75, 3.05) is 24.6 Å². The Morgan fingerprint density at radius 3 is 3.00 bits per heavy atom. The molecular formula is C16H18ClN3O. The fourth-order valence-corrected chi connectivity index (χ4v) is 2.82. The van der Waals surface area contributed by atoms with Gasteiger partial charge in [0.2, 0.25) is 0 Å². The van der Waals surface area contributed by atoms with Gasteiger partial charge in [0.05, 0.1) is 17.8 Å². The maximum absolute atomic E-state index is 6.11. The van der Waals surface area contributed by atoms with Gasteiger partial charge < -0.3 is 9.64 Å². The molecule has 0 bridgehead atoms. The molecule has 1 fully saturated rings. The molecule has 0 radical (unpaired) electrons. The lowest BCUT2D eigenvalue weighted by molar-refractivity contribution is 0.228. The summed E-state index contributed by atoms with van der Waals surface area (Å²) in [6.07, 6.45) is 7.57. The summed E-state index contributed by atoms with van der Waals surface area (Å²) in [5.41, 5.74) is 0. The monoisotopic (exact) mass is 303 g/mol. The highest BCUT2D eigenvalue weighted by Crippen LogP contribution is 2.26. The quantitative estimate of drug-likeness (QED) is 0.867. The van der Waals surface area contributed by atoms with Crippen LogP contribution in [0.5, 0.6) is 5.75 Å². The summed E-state index contributed by atoms with van der Waals surface area (Å²) in [6.45, 7) is 2.66. The van der Waals surface area contributed by atoms with Crippen molar-refractivity contribution in [1.82, 2.24) is 9.97 Å². The summed E-state index contributed by atoms with van der Waals surface area (Å²) < 4.78 is 5.87. The van der Waals surface area contributed by atoms with Crippen molar-refractivity contribution in [3.8, 4) is 5.75 Å². The number of hydrogen-bond acceptors (Lipinski definition) is 4. The Balaban J connectivity index is 1.58. The van der Waals surface area contributed by atoms with Crippen LogP contribution in [0.15, 0.2) is 42.9 Å². The van der Waals surface area contributed by atoms with Crippen molar-refractivity contribution in [3.63, 3.8) is 0 Å². The van der Waals surface area contributed by atoms with Crippen LogP contribution < -0.4 is 9.64 Å². The smallest absolute Gasteiger partial charge is 0.147 e. The third kappa shape index (κ3) is 3.64. The van der Waals surface area contributed by atoms with Crippen molar-refractivity contribution in [3.05, 3.63) is 47.9 Å². The maximum Gasteiger partial charge on any atom is 0.147 e. The van der Waals surface area contributed by atoms with Gasteiger partial charge in [0.25, 0.3) is 0 Å². The van der Waals surface area contributed by atoms with Crippen molar-refractivity contribution < 1.29 is 4.74 Å². The lowest BCUT2D eigenvalue weighted by Crippen LogP contribution is -2.38. The van der Waals surface area contributed by atoms with Gasteiger partial charge in [-0.1, -0.05) is 23.7 Å².